The van der Waals surface area contributed by atoms with Gasteiger partial charge in [-0.25, -0.2) is 4.79 Å². The first kappa shape index (κ1) is 26.6. The normalized spacial score (nSPS) is 14.3. The summed E-state index contributed by atoms with van der Waals surface area (Å²) in [6.45, 7) is 3.13. The van der Waals surface area contributed by atoms with Crippen LogP contribution in [0.3, 0.4) is 0 Å². The smallest absolute Gasteiger partial charge is 0.326 e. The fraction of sp³-hybridized carbons (Fsp3) is 0.476. The Labute approximate surface area is 185 Å². The molecule has 32 heavy (non-hydrogen) atoms. The molecule has 0 saturated heterocycles. The molecule has 0 saturated carbocycles. The second-order valence-electron chi connectivity index (χ2n) is 7.44. The number of carbonyl (C=O) groups is 5. The largest absolute Gasteiger partial charge is 0.481 e. The van der Waals surface area contributed by atoms with Crippen molar-refractivity contribution in [1.82, 2.24) is 16.0 Å². The van der Waals surface area contributed by atoms with E-state index in [9.17, 15) is 29.1 Å². The Hall–Kier alpha value is -3.47. The molecule has 0 aliphatic carbocycles. The second kappa shape index (κ2) is 13.1. The molecule has 0 heterocycles. The van der Waals surface area contributed by atoms with Gasteiger partial charge in [0.1, 0.15) is 12.1 Å². The van der Waals surface area contributed by atoms with E-state index in [4.69, 9.17) is 10.8 Å². The van der Waals surface area contributed by atoms with Crippen LogP contribution >= 0.6 is 0 Å². The van der Waals surface area contributed by atoms with E-state index >= 15 is 0 Å². The van der Waals surface area contributed by atoms with Crippen molar-refractivity contribution in [3.63, 3.8) is 0 Å². The van der Waals surface area contributed by atoms with E-state index in [1.54, 1.807) is 37.3 Å². The maximum absolute atomic E-state index is 12.5. The summed E-state index contributed by atoms with van der Waals surface area (Å²) in [5.41, 5.74) is 6.43. The molecular weight excluding hydrogens is 420 g/mol. The lowest BCUT2D eigenvalue weighted by atomic mass is 9.99. The summed E-state index contributed by atoms with van der Waals surface area (Å²) in [5, 5.41) is 25.3. The van der Waals surface area contributed by atoms with Gasteiger partial charge in [0.05, 0.1) is 19.0 Å². The number of rotatable bonds is 13. The molecule has 0 spiro atoms. The first-order valence-electron chi connectivity index (χ1n) is 10.2. The first-order valence-corrected chi connectivity index (χ1v) is 10.2. The van der Waals surface area contributed by atoms with Gasteiger partial charge in [-0.3, -0.25) is 19.2 Å². The maximum Gasteiger partial charge on any atom is 0.326 e. The van der Waals surface area contributed by atoms with Gasteiger partial charge in [0, 0.05) is 6.42 Å². The average Bonchev–Trinajstić information content (AvgIpc) is 2.75. The van der Waals surface area contributed by atoms with Crippen LogP contribution in [-0.4, -0.2) is 64.5 Å². The number of carboxylic acids is 2. The van der Waals surface area contributed by atoms with Crippen LogP contribution in [-0.2, 0) is 30.4 Å². The van der Waals surface area contributed by atoms with Gasteiger partial charge in [0.2, 0.25) is 17.7 Å². The molecular formula is C21H30N4O7. The molecule has 0 fully saturated rings. The number of aliphatic carboxylic acids is 2. The molecule has 3 amide bonds. The maximum atomic E-state index is 12.5. The molecule has 1 aromatic carbocycles. The Kier molecular flexibility index (Phi) is 10.8. The van der Waals surface area contributed by atoms with Crippen LogP contribution in [0.5, 0.6) is 0 Å². The molecule has 11 heteroatoms. The molecule has 176 valence electrons. The molecule has 0 aliphatic heterocycles. The molecule has 1 rings (SSSR count). The van der Waals surface area contributed by atoms with E-state index < -0.39 is 60.8 Å². The zero-order valence-corrected chi connectivity index (χ0v) is 18.0. The molecule has 0 radical (unpaired) electrons. The molecule has 7 N–H and O–H groups in total. The summed E-state index contributed by atoms with van der Waals surface area (Å²) in [5.74, 6) is -5.13. The van der Waals surface area contributed by atoms with Crippen LogP contribution in [0, 0.1) is 5.92 Å². The molecule has 0 bridgehead atoms. The van der Waals surface area contributed by atoms with Gasteiger partial charge in [-0.05, 0) is 11.5 Å². The van der Waals surface area contributed by atoms with E-state index in [1.807, 2.05) is 6.92 Å². The zero-order chi connectivity index (χ0) is 24.3. The second-order valence-corrected chi connectivity index (χ2v) is 7.44. The van der Waals surface area contributed by atoms with E-state index in [0.29, 0.717) is 12.0 Å². The molecule has 1 aromatic rings. The standard InChI is InChI=1S/C21H30N4O7/c1-3-12(2)18(22)20(30)23-11-16(26)24-14(10-17(27)28)19(29)25-15(21(31)32)9-13-7-5-4-6-8-13/h4-8,12,14-15,18H,3,9-11,22H2,1-2H3,(H,23,30)(H,24,26)(H,25,29)(H,27,28)(H,31,32). The van der Waals surface area contributed by atoms with Crippen molar-refractivity contribution in [2.75, 3.05) is 6.54 Å². The number of carbonyl (C=O) groups excluding carboxylic acids is 3. The van der Waals surface area contributed by atoms with Crippen molar-refractivity contribution in [3.05, 3.63) is 35.9 Å². The van der Waals surface area contributed by atoms with Crippen molar-refractivity contribution in [2.45, 2.75) is 51.2 Å². The number of benzene rings is 1. The SMILES string of the molecule is CCC(C)C(N)C(=O)NCC(=O)NC(CC(=O)O)C(=O)NC(Cc1ccccc1)C(=O)O. The van der Waals surface area contributed by atoms with Gasteiger partial charge in [-0.15, -0.1) is 0 Å². The van der Waals surface area contributed by atoms with Crippen LogP contribution in [0.1, 0.15) is 32.3 Å². The van der Waals surface area contributed by atoms with Gasteiger partial charge in [-0.2, -0.15) is 0 Å². The molecule has 4 atom stereocenters. The molecule has 4 unspecified atom stereocenters. The average molecular weight is 450 g/mol. The molecule has 0 aromatic heterocycles. The molecule has 11 nitrogen and oxygen atoms in total. The number of amides is 3. The summed E-state index contributed by atoms with van der Waals surface area (Å²) in [6.07, 6.45) is -0.135. The van der Waals surface area contributed by atoms with Gasteiger partial charge < -0.3 is 31.9 Å². The highest BCUT2D eigenvalue weighted by Crippen LogP contribution is 2.06. The number of nitrogens with one attached hydrogen (secondary N) is 3. The minimum atomic E-state index is -1.53. The van der Waals surface area contributed by atoms with Crippen molar-refractivity contribution in [3.8, 4) is 0 Å². The van der Waals surface area contributed by atoms with Crippen LogP contribution in [0.2, 0.25) is 0 Å². The number of hydrogen-bond acceptors (Lipinski definition) is 6. The third-order valence-corrected chi connectivity index (χ3v) is 4.91. The quantitative estimate of drug-likeness (QED) is 0.226. The Balaban J connectivity index is 2.75. The summed E-state index contributed by atoms with van der Waals surface area (Å²) < 4.78 is 0. The Morgan fingerprint density at radius 2 is 1.59 bits per heavy atom. The van der Waals surface area contributed by atoms with E-state index in [1.165, 1.54) is 0 Å². The lowest BCUT2D eigenvalue weighted by molar-refractivity contribution is -0.143. The van der Waals surface area contributed by atoms with Crippen molar-refractivity contribution in [2.24, 2.45) is 11.7 Å². The van der Waals surface area contributed by atoms with Crippen molar-refractivity contribution >= 4 is 29.7 Å². The van der Waals surface area contributed by atoms with E-state index in [-0.39, 0.29) is 12.3 Å². The monoisotopic (exact) mass is 450 g/mol. The third-order valence-electron chi connectivity index (χ3n) is 4.91. The highest BCUT2D eigenvalue weighted by atomic mass is 16.4. The zero-order valence-electron chi connectivity index (χ0n) is 18.0. The molecule has 0 aliphatic rings. The summed E-state index contributed by atoms with van der Waals surface area (Å²) in [7, 11) is 0. The van der Waals surface area contributed by atoms with Gasteiger partial charge >= 0.3 is 11.9 Å². The van der Waals surface area contributed by atoms with Crippen LogP contribution in [0.15, 0.2) is 30.3 Å². The van der Waals surface area contributed by atoms with Crippen molar-refractivity contribution in [1.29, 1.82) is 0 Å². The highest BCUT2D eigenvalue weighted by Gasteiger charge is 2.29. The Morgan fingerprint density at radius 1 is 0.969 bits per heavy atom. The Morgan fingerprint density at radius 3 is 2.12 bits per heavy atom. The predicted molar refractivity (Wildman–Crippen MR) is 114 cm³/mol. The fourth-order valence-electron chi connectivity index (χ4n) is 2.75. The number of nitrogens with two attached hydrogens (primary N) is 1. The third kappa shape index (κ3) is 9.13. The summed E-state index contributed by atoms with van der Waals surface area (Å²) >= 11 is 0. The minimum absolute atomic E-state index is 0.0286. The van der Waals surface area contributed by atoms with Gasteiger partial charge in [-0.1, -0.05) is 50.6 Å². The fourth-order valence-corrected chi connectivity index (χ4v) is 2.75. The van der Waals surface area contributed by atoms with Gasteiger partial charge in [0.15, 0.2) is 0 Å². The Bertz CT molecular complexity index is 816. The lowest BCUT2D eigenvalue weighted by Crippen LogP contribution is -2.55. The van der Waals surface area contributed by atoms with Crippen molar-refractivity contribution < 1.29 is 34.2 Å². The van der Waals surface area contributed by atoms with Crippen LogP contribution in [0.4, 0.5) is 0 Å². The predicted octanol–water partition coefficient (Wildman–Crippen LogP) is -0.752. The van der Waals surface area contributed by atoms with E-state index in [0.717, 1.165) is 0 Å². The summed E-state index contributed by atoms with van der Waals surface area (Å²) in [4.78, 5) is 59.4. The minimum Gasteiger partial charge on any atom is -0.481 e. The summed E-state index contributed by atoms with van der Waals surface area (Å²) in [6, 6.07) is 4.88. The number of hydrogen-bond donors (Lipinski definition) is 6. The lowest BCUT2D eigenvalue weighted by Gasteiger charge is -2.21. The highest BCUT2D eigenvalue weighted by molar-refractivity contribution is 5.94. The first-order chi connectivity index (χ1) is 15.0. The topological polar surface area (TPSA) is 188 Å². The van der Waals surface area contributed by atoms with Crippen LogP contribution < -0.4 is 21.7 Å². The number of carboxylic acid groups (broad SMARTS) is 2. The van der Waals surface area contributed by atoms with Crippen LogP contribution in [0.25, 0.3) is 0 Å². The van der Waals surface area contributed by atoms with Gasteiger partial charge in [0.25, 0.3) is 0 Å². The van der Waals surface area contributed by atoms with E-state index in [2.05, 4.69) is 16.0 Å².